The molecule has 0 spiro atoms. The molecule has 1 aliphatic rings. The monoisotopic (exact) mass is 286 g/mol. The summed E-state index contributed by atoms with van der Waals surface area (Å²) in [6.07, 6.45) is 1.81. The van der Waals surface area contributed by atoms with E-state index in [2.05, 4.69) is 48.3 Å². The summed E-state index contributed by atoms with van der Waals surface area (Å²) in [5, 5.41) is 7.93. The number of nitrogens with zero attached hydrogens (tertiary/aromatic N) is 3. The SMILES string of the molecule is CC(C)(C)NCc1ncn(CC2COc3ccccc32)n1. The fourth-order valence-electron chi connectivity index (χ4n) is 2.45. The predicted octanol–water partition coefficient (Wildman–Crippen LogP) is 2.34. The molecule has 0 saturated heterocycles. The Morgan fingerprint density at radius 1 is 1.33 bits per heavy atom. The number of para-hydroxylation sites is 1. The molecule has 2 heterocycles. The first-order chi connectivity index (χ1) is 10.0. The van der Waals surface area contributed by atoms with E-state index in [1.807, 2.05) is 16.8 Å². The summed E-state index contributed by atoms with van der Waals surface area (Å²) < 4.78 is 7.62. The van der Waals surface area contributed by atoms with Crippen molar-refractivity contribution in [2.75, 3.05) is 6.61 Å². The Morgan fingerprint density at radius 3 is 2.95 bits per heavy atom. The van der Waals surface area contributed by atoms with Crippen molar-refractivity contribution in [1.29, 1.82) is 0 Å². The van der Waals surface area contributed by atoms with Gasteiger partial charge in [-0.3, -0.25) is 4.68 Å². The number of ether oxygens (including phenoxy) is 1. The summed E-state index contributed by atoms with van der Waals surface area (Å²) in [6.45, 7) is 8.62. The second kappa shape index (κ2) is 5.48. The molecule has 1 aliphatic heterocycles. The zero-order valence-corrected chi connectivity index (χ0v) is 12.8. The van der Waals surface area contributed by atoms with Gasteiger partial charge >= 0.3 is 0 Å². The number of aromatic nitrogens is 3. The summed E-state index contributed by atoms with van der Waals surface area (Å²) in [4.78, 5) is 4.37. The summed E-state index contributed by atoms with van der Waals surface area (Å²) in [5.41, 5.74) is 1.34. The van der Waals surface area contributed by atoms with E-state index in [9.17, 15) is 0 Å². The van der Waals surface area contributed by atoms with E-state index in [1.54, 1.807) is 6.33 Å². The number of fused-ring (bicyclic) bond motifs is 1. The van der Waals surface area contributed by atoms with Crippen molar-refractivity contribution in [2.24, 2.45) is 0 Å². The minimum Gasteiger partial charge on any atom is -0.493 e. The standard InChI is InChI=1S/C16H22N4O/c1-16(2,3)18-8-15-17-11-20(19-15)9-12-10-21-14-7-5-4-6-13(12)14/h4-7,11-12,18H,8-10H2,1-3H3. The maximum atomic E-state index is 5.71. The molecule has 2 aromatic rings. The Morgan fingerprint density at radius 2 is 2.14 bits per heavy atom. The van der Waals surface area contributed by atoms with Crippen LogP contribution in [0.1, 0.15) is 38.1 Å². The van der Waals surface area contributed by atoms with E-state index in [0.29, 0.717) is 12.5 Å². The third-order valence-corrected chi connectivity index (χ3v) is 3.57. The van der Waals surface area contributed by atoms with Gasteiger partial charge in [-0.25, -0.2) is 4.98 Å². The van der Waals surface area contributed by atoms with Crippen molar-refractivity contribution in [3.63, 3.8) is 0 Å². The molecule has 0 fully saturated rings. The quantitative estimate of drug-likeness (QED) is 0.937. The fourth-order valence-corrected chi connectivity index (χ4v) is 2.45. The highest BCUT2D eigenvalue weighted by atomic mass is 16.5. The maximum absolute atomic E-state index is 5.71. The summed E-state index contributed by atoms with van der Waals surface area (Å²) >= 11 is 0. The lowest BCUT2D eigenvalue weighted by Gasteiger charge is -2.19. The van der Waals surface area contributed by atoms with Crippen LogP contribution in [0, 0.1) is 0 Å². The number of hydrogen-bond acceptors (Lipinski definition) is 4. The number of nitrogens with one attached hydrogen (secondary N) is 1. The average molecular weight is 286 g/mol. The Hall–Kier alpha value is -1.88. The lowest BCUT2D eigenvalue weighted by Crippen LogP contribution is -2.35. The van der Waals surface area contributed by atoms with Gasteiger partial charge in [0, 0.05) is 17.0 Å². The number of rotatable bonds is 4. The minimum absolute atomic E-state index is 0.0731. The Bertz CT molecular complexity index is 615. The smallest absolute Gasteiger partial charge is 0.164 e. The highest BCUT2D eigenvalue weighted by Crippen LogP contribution is 2.34. The molecule has 0 aliphatic carbocycles. The topological polar surface area (TPSA) is 52.0 Å². The van der Waals surface area contributed by atoms with Gasteiger partial charge in [-0.05, 0) is 26.8 Å². The zero-order chi connectivity index (χ0) is 14.9. The van der Waals surface area contributed by atoms with Crippen molar-refractivity contribution in [3.05, 3.63) is 42.0 Å². The van der Waals surface area contributed by atoms with Gasteiger partial charge in [-0.1, -0.05) is 18.2 Å². The molecule has 0 bridgehead atoms. The summed E-state index contributed by atoms with van der Waals surface area (Å²) in [5.74, 6) is 2.18. The highest BCUT2D eigenvalue weighted by molar-refractivity contribution is 5.39. The molecule has 112 valence electrons. The molecule has 1 aromatic carbocycles. The van der Waals surface area contributed by atoms with Crippen LogP contribution >= 0.6 is 0 Å². The predicted molar refractivity (Wildman–Crippen MR) is 81.3 cm³/mol. The van der Waals surface area contributed by atoms with Gasteiger partial charge in [0.25, 0.3) is 0 Å². The maximum Gasteiger partial charge on any atom is 0.164 e. The molecule has 5 heteroatoms. The van der Waals surface area contributed by atoms with Gasteiger partial charge in [-0.15, -0.1) is 0 Å². The largest absolute Gasteiger partial charge is 0.493 e. The second-order valence-electron chi connectivity index (χ2n) is 6.53. The van der Waals surface area contributed by atoms with E-state index in [0.717, 1.165) is 24.7 Å². The van der Waals surface area contributed by atoms with Gasteiger partial charge in [-0.2, -0.15) is 5.10 Å². The van der Waals surface area contributed by atoms with Crippen molar-refractivity contribution in [2.45, 2.75) is 45.3 Å². The van der Waals surface area contributed by atoms with E-state index >= 15 is 0 Å². The molecule has 1 unspecified atom stereocenters. The third kappa shape index (κ3) is 3.42. The molecule has 1 N–H and O–H groups in total. The lowest BCUT2D eigenvalue weighted by molar-refractivity contribution is 0.314. The number of hydrogen-bond donors (Lipinski definition) is 1. The van der Waals surface area contributed by atoms with E-state index in [4.69, 9.17) is 4.74 Å². The molecule has 1 aromatic heterocycles. The van der Waals surface area contributed by atoms with Crippen LogP contribution in [0.4, 0.5) is 0 Å². The summed E-state index contributed by atoms with van der Waals surface area (Å²) in [7, 11) is 0. The minimum atomic E-state index is 0.0731. The van der Waals surface area contributed by atoms with E-state index < -0.39 is 0 Å². The molecule has 5 nitrogen and oxygen atoms in total. The second-order valence-corrected chi connectivity index (χ2v) is 6.53. The van der Waals surface area contributed by atoms with Crippen molar-refractivity contribution < 1.29 is 4.74 Å². The first kappa shape index (κ1) is 14.1. The molecule has 21 heavy (non-hydrogen) atoms. The third-order valence-electron chi connectivity index (χ3n) is 3.57. The van der Waals surface area contributed by atoms with Crippen LogP contribution in [0.5, 0.6) is 5.75 Å². The Kier molecular flexibility index (Phi) is 3.68. The molecule has 3 rings (SSSR count). The molecule has 0 amide bonds. The van der Waals surface area contributed by atoms with Crippen molar-refractivity contribution in [1.82, 2.24) is 20.1 Å². The normalized spacial score (nSPS) is 17.6. The Labute approximate surface area is 125 Å². The van der Waals surface area contributed by atoms with Gasteiger partial charge < -0.3 is 10.1 Å². The van der Waals surface area contributed by atoms with Crippen LogP contribution in [-0.2, 0) is 13.1 Å². The van der Waals surface area contributed by atoms with Crippen LogP contribution in [0.3, 0.4) is 0 Å². The first-order valence-electron chi connectivity index (χ1n) is 7.36. The fraction of sp³-hybridized carbons (Fsp3) is 0.500. The van der Waals surface area contributed by atoms with E-state index in [-0.39, 0.29) is 5.54 Å². The van der Waals surface area contributed by atoms with Crippen molar-refractivity contribution in [3.8, 4) is 5.75 Å². The van der Waals surface area contributed by atoms with Crippen LogP contribution in [0.15, 0.2) is 30.6 Å². The van der Waals surface area contributed by atoms with Gasteiger partial charge in [0.1, 0.15) is 12.1 Å². The van der Waals surface area contributed by atoms with Gasteiger partial charge in [0.2, 0.25) is 0 Å². The molecule has 1 atom stereocenters. The zero-order valence-electron chi connectivity index (χ0n) is 12.8. The molecule has 0 saturated carbocycles. The van der Waals surface area contributed by atoms with Gasteiger partial charge in [0.15, 0.2) is 5.82 Å². The highest BCUT2D eigenvalue weighted by Gasteiger charge is 2.24. The van der Waals surface area contributed by atoms with Crippen LogP contribution in [0.2, 0.25) is 0 Å². The molecule has 0 radical (unpaired) electrons. The summed E-state index contributed by atoms with van der Waals surface area (Å²) in [6, 6.07) is 8.22. The van der Waals surface area contributed by atoms with Gasteiger partial charge in [0.05, 0.1) is 19.7 Å². The van der Waals surface area contributed by atoms with Crippen LogP contribution < -0.4 is 10.1 Å². The lowest BCUT2D eigenvalue weighted by atomic mass is 10.0. The number of benzene rings is 1. The molecular weight excluding hydrogens is 264 g/mol. The first-order valence-corrected chi connectivity index (χ1v) is 7.36. The molecular formula is C16H22N4O. The van der Waals surface area contributed by atoms with Crippen LogP contribution in [-0.4, -0.2) is 26.9 Å². The van der Waals surface area contributed by atoms with Crippen molar-refractivity contribution >= 4 is 0 Å². The average Bonchev–Trinajstić information content (AvgIpc) is 3.04. The van der Waals surface area contributed by atoms with Crippen LogP contribution in [0.25, 0.3) is 0 Å². The van der Waals surface area contributed by atoms with E-state index in [1.165, 1.54) is 5.56 Å². The Balaban J connectivity index is 1.63.